The predicted molar refractivity (Wildman–Crippen MR) is 206 cm³/mol. The third-order valence-corrected chi connectivity index (χ3v) is 8.76. The van der Waals surface area contributed by atoms with Gasteiger partial charge in [0.05, 0.1) is 61.4 Å². The van der Waals surface area contributed by atoms with E-state index in [1.54, 1.807) is 6.07 Å². The van der Waals surface area contributed by atoms with Crippen molar-refractivity contribution in [2.24, 2.45) is 0 Å². The van der Waals surface area contributed by atoms with Crippen LogP contribution in [0.4, 0.5) is 35.1 Å². The Morgan fingerprint density at radius 1 is 0.524 bits per heavy atom. The maximum Gasteiger partial charge on any atom is 0.418 e. The first kappa shape index (κ1) is 42.8. The number of carbonyl (C=O) groups is 1. The topological polar surface area (TPSA) is 180 Å². The normalized spacial score (nSPS) is 11.5. The minimum atomic E-state index is -4.69. The molecule has 9 aromatic rings. The summed E-state index contributed by atoms with van der Waals surface area (Å²) in [5.74, 6) is -3.47. The number of rotatable bonds is 4. The van der Waals surface area contributed by atoms with Gasteiger partial charge in [-0.3, -0.25) is 0 Å². The highest BCUT2D eigenvalue weighted by Crippen LogP contribution is 2.35. The van der Waals surface area contributed by atoms with E-state index in [9.17, 15) is 54.3 Å². The van der Waals surface area contributed by atoms with Gasteiger partial charge in [-0.1, -0.05) is 42.5 Å². The van der Waals surface area contributed by atoms with Gasteiger partial charge in [0.2, 0.25) is 11.8 Å². The smallest absolute Gasteiger partial charge is 0.418 e. The molecule has 12 nitrogen and oxygen atoms in total. The van der Waals surface area contributed by atoms with Gasteiger partial charge in [-0.25, -0.2) is 42.9 Å². The lowest BCUT2D eigenvalue weighted by atomic mass is 10.1. The van der Waals surface area contributed by atoms with Crippen molar-refractivity contribution in [3.05, 3.63) is 181 Å². The summed E-state index contributed by atoms with van der Waals surface area (Å²) in [5, 5.41) is 8.40. The van der Waals surface area contributed by atoms with E-state index >= 15 is 0 Å². The fourth-order valence-electron chi connectivity index (χ4n) is 5.95. The monoisotopic (exact) mass is 875 g/mol. The molecule has 4 aromatic heterocycles. The molecule has 0 unspecified atom stereocenters. The molecule has 0 bridgehead atoms. The molecule has 20 heteroatoms. The number of aromatic nitrogens is 3. The highest BCUT2D eigenvalue weighted by Gasteiger charge is 2.35. The standard InChI is InChI=1S/C15H7F4NO2.C15H8FNO4.C13H6F3NO3/c16-11-7-2-1-4-8(11)13-20-12-9(14(21)22-13)5-3-6-10(12)15(17,18)19;16-10-6-2-1-4-8(10)13-17-11-7-3-5-9(14(18)19)12(11)15(20)21-13;14-13(15,16)8-4-1-3-7-10(8)17-11(20-12(7)18)9-5-2-6-19-9/h1-7H;1-7H,(H,18,19);1-6H. The van der Waals surface area contributed by atoms with Crippen LogP contribution in [0.1, 0.15) is 21.5 Å². The molecule has 9 rings (SSSR count). The van der Waals surface area contributed by atoms with Crippen LogP contribution < -0.4 is 16.9 Å². The number of furan rings is 1. The van der Waals surface area contributed by atoms with Crippen LogP contribution >= 0.6 is 0 Å². The van der Waals surface area contributed by atoms with Crippen LogP contribution in [0.2, 0.25) is 0 Å². The first-order valence-electron chi connectivity index (χ1n) is 17.7. The van der Waals surface area contributed by atoms with Crippen LogP contribution in [-0.4, -0.2) is 26.0 Å². The highest BCUT2D eigenvalue weighted by molar-refractivity contribution is 6.02. The molecule has 0 saturated heterocycles. The van der Waals surface area contributed by atoms with Gasteiger partial charge in [0.1, 0.15) is 17.0 Å². The lowest BCUT2D eigenvalue weighted by Gasteiger charge is -2.09. The number of para-hydroxylation sites is 2. The van der Waals surface area contributed by atoms with Crippen molar-refractivity contribution in [3.63, 3.8) is 0 Å². The van der Waals surface area contributed by atoms with Gasteiger partial charge in [-0.15, -0.1) is 0 Å². The second-order valence-corrected chi connectivity index (χ2v) is 12.8. The number of hydrogen-bond donors (Lipinski definition) is 1. The second kappa shape index (κ2) is 17.0. The summed E-state index contributed by atoms with van der Waals surface area (Å²) in [7, 11) is 0. The SMILES string of the molecule is O=C(O)c1cccc2nc(-c3ccccc3F)oc(=O)c12.O=c1oc(-c2ccccc2F)nc2c(C(F)(F)F)cccc12.O=c1oc(-c2ccco2)nc2c(C(F)(F)F)cccc12. The first-order chi connectivity index (χ1) is 29.9. The van der Waals surface area contributed by atoms with Crippen LogP contribution in [0.3, 0.4) is 0 Å². The maximum absolute atomic E-state index is 13.7. The van der Waals surface area contributed by atoms with Gasteiger partial charge in [-0.2, -0.15) is 26.3 Å². The van der Waals surface area contributed by atoms with Gasteiger partial charge in [0, 0.05) is 0 Å². The van der Waals surface area contributed by atoms with Crippen LogP contribution in [0, 0.1) is 11.6 Å². The van der Waals surface area contributed by atoms with Crippen LogP contribution in [0.15, 0.2) is 154 Å². The molecular weight excluding hydrogens is 854 g/mol. The lowest BCUT2D eigenvalue weighted by molar-refractivity contribution is -0.137. The van der Waals surface area contributed by atoms with Crippen LogP contribution in [0.5, 0.6) is 0 Å². The van der Waals surface area contributed by atoms with Gasteiger partial charge >= 0.3 is 35.2 Å². The molecule has 0 radical (unpaired) electrons. The number of fused-ring (bicyclic) bond motifs is 3. The fourth-order valence-corrected chi connectivity index (χ4v) is 5.95. The van der Waals surface area contributed by atoms with E-state index in [2.05, 4.69) is 15.0 Å². The number of hydrogen-bond acceptors (Lipinski definition) is 11. The van der Waals surface area contributed by atoms with Gasteiger partial charge in [-0.05, 0) is 72.8 Å². The second-order valence-electron chi connectivity index (χ2n) is 12.8. The van der Waals surface area contributed by atoms with Crippen molar-refractivity contribution in [2.45, 2.75) is 12.4 Å². The third kappa shape index (κ3) is 8.95. The van der Waals surface area contributed by atoms with Crippen molar-refractivity contribution in [3.8, 4) is 34.6 Å². The minimum absolute atomic E-state index is 0.0391. The Morgan fingerprint density at radius 3 is 1.49 bits per heavy atom. The third-order valence-electron chi connectivity index (χ3n) is 8.76. The highest BCUT2D eigenvalue weighted by atomic mass is 19.4. The molecule has 318 valence electrons. The molecule has 63 heavy (non-hydrogen) atoms. The van der Waals surface area contributed by atoms with E-state index in [1.807, 2.05) is 0 Å². The summed E-state index contributed by atoms with van der Waals surface area (Å²) in [6.45, 7) is 0. The lowest BCUT2D eigenvalue weighted by Crippen LogP contribution is -2.11. The van der Waals surface area contributed by atoms with E-state index in [-0.39, 0.29) is 55.9 Å². The van der Waals surface area contributed by atoms with E-state index in [0.717, 1.165) is 30.3 Å². The largest absolute Gasteiger partial charge is 0.478 e. The Balaban J connectivity index is 0.000000142. The van der Waals surface area contributed by atoms with E-state index in [0.29, 0.717) is 0 Å². The minimum Gasteiger partial charge on any atom is -0.478 e. The molecule has 1 N–H and O–H groups in total. The molecule has 0 aliphatic heterocycles. The van der Waals surface area contributed by atoms with Gasteiger partial charge in [0.25, 0.3) is 5.89 Å². The zero-order chi connectivity index (χ0) is 45.2. The Morgan fingerprint density at radius 2 is 1.00 bits per heavy atom. The van der Waals surface area contributed by atoms with Crippen molar-refractivity contribution in [1.29, 1.82) is 0 Å². The summed E-state index contributed by atoms with van der Waals surface area (Å²) >= 11 is 0. The van der Waals surface area contributed by atoms with Crippen LogP contribution in [-0.2, 0) is 12.4 Å². The molecule has 0 aliphatic rings. The first-order valence-corrected chi connectivity index (χ1v) is 17.7. The Kier molecular flexibility index (Phi) is 11.6. The van der Waals surface area contributed by atoms with E-state index < -0.39 is 74.9 Å². The molecule has 0 spiro atoms. The summed E-state index contributed by atoms with van der Waals surface area (Å²) < 4.78 is 125. The molecule has 4 heterocycles. The van der Waals surface area contributed by atoms with Crippen molar-refractivity contribution in [1.82, 2.24) is 15.0 Å². The molecule has 0 fully saturated rings. The van der Waals surface area contributed by atoms with E-state index in [1.165, 1.54) is 85.1 Å². The number of halogens is 8. The Bertz CT molecular complexity index is 3360. The summed E-state index contributed by atoms with van der Waals surface area (Å²) in [4.78, 5) is 58.3. The zero-order valence-electron chi connectivity index (χ0n) is 31.1. The number of nitrogens with zero attached hydrogens (tertiary/aromatic N) is 3. The summed E-state index contributed by atoms with van der Waals surface area (Å²) in [6.07, 6.45) is -8.00. The number of carboxylic acid groups (broad SMARTS) is 1. The predicted octanol–water partition coefficient (Wildman–Crippen LogP) is 10.2. The molecule has 0 aliphatic carbocycles. The summed E-state index contributed by atoms with van der Waals surface area (Å²) in [6, 6.07) is 24.4. The summed E-state index contributed by atoms with van der Waals surface area (Å²) in [5.41, 5.74) is -6.05. The Labute approximate surface area is 344 Å². The molecule has 0 saturated carbocycles. The maximum atomic E-state index is 13.7. The quantitative estimate of drug-likeness (QED) is 0.166. The number of benzene rings is 5. The fraction of sp³-hybridized carbons (Fsp3) is 0.0465. The van der Waals surface area contributed by atoms with Crippen molar-refractivity contribution in [2.75, 3.05) is 0 Å². The average Bonchev–Trinajstić information content (AvgIpc) is 3.79. The molecular formula is C43H21F8N3O9. The molecule has 5 aromatic carbocycles. The number of carboxylic acids is 1. The van der Waals surface area contributed by atoms with Crippen molar-refractivity contribution < 1.29 is 62.7 Å². The molecule has 0 amide bonds. The average molecular weight is 876 g/mol. The zero-order valence-corrected chi connectivity index (χ0v) is 31.1. The van der Waals surface area contributed by atoms with Gasteiger partial charge in [0.15, 0.2) is 5.76 Å². The van der Waals surface area contributed by atoms with E-state index in [4.69, 9.17) is 22.8 Å². The Hall–Kier alpha value is -8.29. The van der Waals surface area contributed by atoms with Gasteiger partial charge < -0.3 is 22.8 Å². The van der Waals surface area contributed by atoms with Crippen molar-refractivity contribution >= 4 is 38.7 Å². The molecule has 0 atom stereocenters. The number of aromatic carboxylic acids is 1. The number of alkyl halides is 6. The van der Waals surface area contributed by atoms with Crippen LogP contribution in [0.25, 0.3) is 67.3 Å².